The Morgan fingerprint density at radius 3 is 1.72 bits per heavy atom. The van der Waals surface area contributed by atoms with Crippen LogP contribution in [0.4, 0.5) is 13.2 Å². The maximum Gasteiger partial charge on any atom is 0.305 e. The molecule has 0 radical (unpaired) electrons. The highest BCUT2D eigenvalue weighted by Gasteiger charge is 2.49. The summed E-state index contributed by atoms with van der Waals surface area (Å²) in [4.78, 5) is 258. The molecule has 9 rings (SSSR count). The zero-order valence-electron chi connectivity index (χ0n) is 75.8. The van der Waals surface area contributed by atoms with Gasteiger partial charge in [-0.15, -0.1) is 11.8 Å². The van der Waals surface area contributed by atoms with Crippen molar-refractivity contribution in [1.82, 2.24) is 72.4 Å². The fourth-order valence-electron chi connectivity index (χ4n) is 16.9. The molecule has 0 spiro atoms. The number of carboxylic acids is 2. The second kappa shape index (κ2) is 50.1. The summed E-state index contributed by atoms with van der Waals surface area (Å²) in [6.07, 6.45) is -4.45. The van der Waals surface area contributed by atoms with Crippen molar-refractivity contribution in [1.29, 1.82) is 0 Å². The highest BCUT2D eigenvalue weighted by atomic mass is 32.2. The number of amides is 14. The Bertz CT molecular complexity index is 5230. The molecule has 3 fully saturated rings. The second-order valence-electron chi connectivity index (χ2n) is 34.6. The number of aromatic hydroxyl groups is 1. The number of aliphatic hydroxyl groups excluding tert-OH is 1. The number of para-hydroxylation sites is 1. The van der Waals surface area contributed by atoms with Gasteiger partial charge in [0.05, 0.1) is 36.8 Å². The molecule has 3 aliphatic rings. The number of nitrogens with two attached hydrogens (primary N) is 2. The summed E-state index contributed by atoms with van der Waals surface area (Å²) in [5, 5.41) is 66.2. The summed E-state index contributed by atoms with van der Waals surface area (Å²) in [6.45, 7) is 3.73. The van der Waals surface area contributed by atoms with Gasteiger partial charge in [0.25, 0.3) is 0 Å². The van der Waals surface area contributed by atoms with E-state index in [0.717, 1.165) is 26.6 Å². The van der Waals surface area contributed by atoms with E-state index >= 15 is 51.9 Å². The Kier molecular flexibility index (Phi) is 39.1. The number of aromatic nitrogens is 1. The Morgan fingerprint density at radius 1 is 0.541 bits per heavy atom. The lowest BCUT2D eigenvalue weighted by molar-refractivity contribution is -0.149. The minimum atomic E-state index is -2.03. The number of likely N-dealkylation sites (N-methyl/N-ethyl adjacent to an activating group) is 3. The molecular formula is C94H119F3N16O21S. The number of Topliss-reactive ketones (excluding diaryl/α,β-unsaturated/α-hetero) is 1. The number of aromatic amines is 1. The molecule has 5 aromatic carbocycles. The quantitative estimate of drug-likeness (QED) is 0.0363. The number of carboxylic acid groups (broad SMARTS) is 2. The number of phenols is 1. The first-order valence-electron chi connectivity index (χ1n) is 44.8. The molecule has 2 aliphatic heterocycles. The molecule has 1 aliphatic carbocycles. The lowest BCUT2D eigenvalue weighted by Crippen LogP contribution is -2.62. The topological polar surface area (TPSA) is 560 Å². The molecule has 0 bridgehead atoms. The van der Waals surface area contributed by atoms with Crippen molar-refractivity contribution in [3.05, 3.63) is 173 Å². The van der Waals surface area contributed by atoms with E-state index in [9.17, 15) is 63.2 Å². The zero-order valence-corrected chi connectivity index (χ0v) is 76.7. The van der Waals surface area contributed by atoms with Crippen LogP contribution in [-0.4, -0.2) is 276 Å². The van der Waals surface area contributed by atoms with Crippen LogP contribution in [-0.2, 0) is 114 Å². The normalized spacial score (nSPS) is 24.5. The standard InChI is InChI=1S/C94H119F3N16O21S/c1-7-8-27-72-82(122)60-44-58(115)45-61(60)83(123)105-69(46-79(120)121)88(128)109-81(51(2)3)94(134)111(5)74(41-52-20-11-9-12-21-52)90(130)104-66(33-34-78(118)119)92(132)113-36-18-17-28-73(113)89(129)107-68(43-56-47-100-64-25-16-15-24-59(56)64)87(127)106-67(39-54-29-31-57(114)32-30-54)86(126)103-65(26-19-35-98)85(125)108-71(84(124)101-48-76(99)116)49-135-50-77(117)102-70(40-55-37-62(95)80(97)63(96)38-55)91(131)112(6)75(93(133)110(72)4)42-53-22-13-10-14-23-53/h9-16,20-25,29-32,37-38,47,51,58,60-61,65-75,81,100,114-115H,7-8,17-19,26-28,33-36,39-46,48-50,98H2,1-6H3,(H2,99,116)(H,101,124)(H,102,117)(H,103,126)(H,104,130)(H,105,123)(H,106,127)(H,107,129)(H,108,125)(H,109,128)(H,118,119)(H,120,121)/t58-,60?,61-,65-,66-,67-,68-,69-,70-,71-,72-,73+,74-,75-,81-/m0/s1. The maximum absolute atomic E-state index is 15.7. The minimum absolute atomic E-state index is 0.0121. The maximum atomic E-state index is 15.7. The zero-order chi connectivity index (χ0) is 98.6. The van der Waals surface area contributed by atoms with Gasteiger partial charge in [0, 0.05) is 95.0 Å². The molecule has 3 heterocycles. The van der Waals surface area contributed by atoms with E-state index in [1.807, 2.05) is 0 Å². The van der Waals surface area contributed by atoms with Gasteiger partial charge in [-0.3, -0.25) is 81.5 Å². The summed E-state index contributed by atoms with van der Waals surface area (Å²) >= 11 is 0.641. The number of piperidine rings is 1. The molecule has 37 nitrogen and oxygen atoms in total. The van der Waals surface area contributed by atoms with Gasteiger partial charge in [0.15, 0.2) is 23.2 Å². The van der Waals surface area contributed by atoms with Crippen LogP contribution in [0.5, 0.6) is 5.75 Å². The van der Waals surface area contributed by atoms with E-state index in [0.29, 0.717) is 69.9 Å². The number of carbonyl (C=O) groups is 17. The number of primary amides is 1. The third-order valence-electron chi connectivity index (χ3n) is 24.3. The fourth-order valence-corrected chi connectivity index (χ4v) is 17.8. The molecule has 1 saturated carbocycles. The summed E-state index contributed by atoms with van der Waals surface area (Å²) in [6, 6.07) is 9.51. The number of ketones is 1. The van der Waals surface area contributed by atoms with Crippen molar-refractivity contribution >= 4 is 123 Å². The Labute approximate surface area is 781 Å². The number of nitrogens with one attached hydrogen (secondary N) is 10. The predicted octanol–water partition coefficient (Wildman–Crippen LogP) is 1.77. The summed E-state index contributed by atoms with van der Waals surface area (Å²) in [5.74, 6) is -29.1. The molecule has 2 saturated heterocycles. The first-order valence-corrected chi connectivity index (χ1v) is 46.0. The van der Waals surface area contributed by atoms with Crippen LogP contribution in [0.15, 0.2) is 128 Å². The molecule has 6 aromatic rings. The number of aliphatic carboxylic acids is 2. The average molecular weight is 1900 g/mol. The monoisotopic (exact) mass is 1900 g/mol. The van der Waals surface area contributed by atoms with Crippen LogP contribution in [0.25, 0.3) is 10.9 Å². The highest BCUT2D eigenvalue weighted by Crippen LogP contribution is 2.37. The van der Waals surface area contributed by atoms with Crippen molar-refractivity contribution in [3.8, 4) is 5.75 Å². The lowest BCUT2D eigenvalue weighted by atomic mass is 9.85. The number of benzene rings is 5. The van der Waals surface area contributed by atoms with Crippen molar-refractivity contribution in [2.75, 3.05) is 52.3 Å². The molecule has 1 unspecified atom stereocenters. The number of hydrogen-bond acceptors (Lipinski definition) is 21. The van der Waals surface area contributed by atoms with Crippen molar-refractivity contribution in [3.63, 3.8) is 0 Å². The fraction of sp³-hybridized carbons (Fsp3) is 0.479. The van der Waals surface area contributed by atoms with Gasteiger partial charge < -0.3 is 104 Å². The van der Waals surface area contributed by atoms with Crippen molar-refractivity contribution in [2.45, 2.75) is 215 Å². The molecular weight excluding hydrogens is 1780 g/mol. The number of hydrogen-bond donors (Lipinski definition) is 16. The van der Waals surface area contributed by atoms with Crippen LogP contribution >= 0.6 is 11.8 Å². The smallest absolute Gasteiger partial charge is 0.305 e. The summed E-state index contributed by atoms with van der Waals surface area (Å²) < 4.78 is 45.1. The molecule has 1 aromatic heterocycles. The van der Waals surface area contributed by atoms with E-state index in [4.69, 9.17) is 11.5 Å². The minimum Gasteiger partial charge on any atom is -0.508 e. The first-order chi connectivity index (χ1) is 64.2. The van der Waals surface area contributed by atoms with Crippen LogP contribution < -0.4 is 59.3 Å². The van der Waals surface area contributed by atoms with Gasteiger partial charge in [-0.25, -0.2) is 13.2 Å². The number of carbonyl (C=O) groups excluding carboxylic acids is 15. The number of nitrogens with zero attached hydrogens (tertiary/aromatic N) is 4. The second-order valence-corrected chi connectivity index (χ2v) is 35.6. The number of halogens is 3. The number of thioether (sulfide) groups is 1. The number of unbranched alkanes of at least 4 members (excludes halogenated alkanes) is 1. The summed E-state index contributed by atoms with van der Waals surface area (Å²) in [7, 11) is 3.62. The number of rotatable bonds is 25. The van der Waals surface area contributed by atoms with Gasteiger partial charge in [-0.05, 0) is 128 Å². The average Bonchev–Trinajstić information content (AvgIpc) is 1.62. The number of H-pyrrole nitrogens is 1. The van der Waals surface area contributed by atoms with E-state index in [-0.39, 0.29) is 88.6 Å². The largest absolute Gasteiger partial charge is 0.508 e. The third kappa shape index (κ3) is 29.6. The molecule has 135 heavy (non-hydrogen) atoms. The predicted molar refractivity (Wildman–Crippen MR) is 487 cm³/mol. The molecule has 41 heteroatoms. The third-order valence-corrected chi connectivity index (χ3v) is 25.4. The molecule has 728 valence electrons. The van der Waals surface area contributed by atoms with E-state index in [2.05, 4.69) is 52.8 Å². The SMILES string of the molecule is CCCC[C@H]1C(=O)C2C[C@H](O)C[C@@H]2C(=O)N[C@@H](CC(=O)O)C(=O)N[C@@H](C(C)C)C(=O)N(C)[C@@H](Cc2ccccc2)C(=O)N[C@@H](CCC(=O)O)C(=O)N2CCCC[C@@H]2C(=O)N[C@@H](Cc2c[nH]c3ccccc23)C(=O)N[C@@H](Cc2ccc(O)cc2)C(=O)N[C@@H](CCCN)C(=O)N[C@H](C(=O)NCC(N)=O)CSCC(=O)N[C@@H](Cc2cc(F)c(F)c(F)c2)C(=O)N(C)[C@@H](Cc2ccccc2)C(=O)N1C. The van der Waals surface area contributed by atoms with Gasteiger partial charge in [-0.1, -0.05) is 125 Å². The van der Waals surface area contributed by atoms with Crippen LogP contribution in [0.3, 0.4) is 0 Å². The van der Waals surface area contributed by atoms with Crippen LogP contribution in [0.2, 0.25) is 0 Å². The van der Waals surface area contributed by atoms with Gasteiger partial charge >= 0.3 is 11.9 Å². The van der Waals surface area contributed by atoms with Crippen LogP contribution in [0, 0.1) is 35.2 Å². The summed E-state index contributed by atoms with van der Waals surface area (Å²) in [5.41, 5.74) is 13.3. The lowest BCUT2D eigenvalue weighted by Gasteiger charge is -2.38. The van der Waals surface area contributed by atoms with E-state index < -0.39 is 271 Å². The van der Waals surface area contributed by atoms with Crippen molar-refractivity contribution in [2.24, 2.45) is 29.2 Å². The number of aliphatic hydroxyl groups is 1. The Hall–Kier alpha value is -13.3. The Balaban J connectivity index is 1.14. The van der Waals surface area contributed by atoms with E-state index in [1.54, 1.807) is 98.0 Å². The highest BCUT2D eigenvalue weighted by molar-refractivity contribution is 8.00. The molecule has 15 atom stereocenters. The molecule has 14 amide bonds. The van der Waals surface area contributed by atoms with E-state index in [1.165, 1.54) is 52.2 Å². The Morgan fingerprint density at radius 2 is 1.10 bits per heavy atom. The number of phenolic OH excluding ortho intramolecular Hbond substituents is 1. The van der Waals surface area contributed by atoms with Gasteiger partial charge in [-0.2, -0.15) is 0 Å². The molecule has 18 N–H and O–H groups in total. The van der Waals surface area contributed by atoms with Gasteiger partial charge in [0.1, 0.15) is 72.2 Å². The van der Waals surface area contributed by atoms with Gasteiger partial charge in [0.2, 0.25) is 82.7 Å². The number of fused-ring (bicyclic) bond motifs is 3. The first kappa shape index (κ1) is 105. The van der Waals surface area contributed by atoms with Crippen LogP contribution in [0.1, 0.15) is 132 Å². The van der Waals surface area contributed by atoms with Crippen molar-refractivity contribution < 1.29 is 115 Å².